The summed E-state index contributed by atoms with van der Waals surface area (Å²) >= 11 is 7.73. The Bertz CT molecular complexity index is 537. The van der Waals surface area contributed by atoms with E-state index in [0.717, 1.165) is 11.5 Å². The number of anilines is 1. The molecule has 0 bridgehead atoms. The molecule has 0 N–H and O–H groups in total. The molecular weight excluding hydrogens is 284 g/mol. The normalized spacial score (nSPS) is 23.5. The molecule has 0 spiro atoms. The Kier molecular flexibility index (Phi) is 3.41. The molecule has 19 heavy (non-hydrogen) atoms. The van der Waals surface area contributed by atoms with Gasteiger partial charge < -0.3 is 4.90 Å². The zero-order chi connectivity index (χ0) is 13.4. The lowest BCUT2D eigenvalue weighted by atomic mass is 10.1. The van der Waals surface area contributed by atoms with Crippen molar-refractivity contribution in [2.24, 2.45) is 0 Å². The number of carbonyl (C=O) groups excluding carboxylic acids is 2. The number of carbonyl (C=O) groups is 2. The Morgan fingerprint density at radius 3 is 2.95 bits per heavy atom. The van der Waals surface area contributed by atoms with E-state index in [9.17, 15) is 9.59 Å². The van der Waals surface area contributed by atoms with Crippen LogP contribution in [0.3, 0.4) is 0 Å². The minimum atomic E-state index is -0.219. The molecule has 1 atom stereocenters. The standard InChI is InChI=1S/C13H13ClN2O2S/c14-9-2-1-3-10(6-9)16-12(17)7-11-8-19-5-4-15(11)13(16)18/h1-3,6,11H,4-5,7-8H2. The molecule has 0 saturated carbocycles. The summed E-state index contributed by atoms with van der Waals surface area (Å²) in [5.41, 5.74) is 0.555. The summed E-state index contributed by atoms with van der Waals surface area (Å²) in [6, 6.07) is 6.69. The molecule has 4 nitrogen and oxygen atoms in total. The van der Waals surface area contributed by atoms with Gasteiger partial charge >= 0.3 is 6.03 Å². The molecule has 2 aliphatic rings. The fourth-order valence-electron chi connectivity index (χ4n) is 2.47. The number of fused-ring (bicyclic) bond motifs is 1. The highest BCUT2D eigenvalue weighted by Crippen LogP contribution is 2.29. The second-order valence-corrected chi connectivity index (χ2v) is 6.20. The number of hydrogen-bond acceptors (Lipinski definition) is 3. The van der Waals surface area contributed by atoms with E-state index in [-0.39, 0.29) is 18.0 Å². The summed E-state index contributed by atoms with van der Waals surface area (Å²) in [5.74, 6) is 1.64. The monoisotopic (exact) mass is 296 g/mol. The zero-order valence-corrected chi connectivity index (χ0v) is 11.8. The lowest BCUT2D eigenvalue weighted by molar-refractivity contribution is -0.120. The first kappa shape index (κ1) is 12.8. The maximum atomic E-state index is 12.5. The molecule has 0 radical (unpaired) electrons. The van der Waals surface area contributed by atoms with Crippen molar-refractivity contribution in [1.29, 1.82) is 0 Å². The SMILES string of the molecule is O=C1CC2CSCCN2C(=O)N1c1cccc(Cl)c1. The molecule has 1 unspecified atom stereocenters. The number of thioether (sulfide) groups is 1. The fourth-order valence-corrected chi connectivity index (χ4v) is 3.72. The van der Waals surface area contributed by atoms with Gasteiger partial charge in [-0.15, -0.1) is 0 Å². The number of nitrogens with zero attached hydrogens (tertiary/aromatic N) is 2. The van der Waals surface area contributed by atoms with Crippen molar-refractivity contribution in [3.63, 3.8) is 0 Å². The van der Waals surface area contributed by atoms with Crippen LogP contribution in [0.25, 0.3) is 0 Å². The van der Waals surface area contributed by atoms with Crippen LogP contribution >= 0.6 is 23.4 Å². The first-order chi connectivity index (χ1) is 9.16. The van der Waals surface area contributed by atoms with Gasteiger partial charge in [0.2, 0.25) is 5.91 Å². The molecular formula is C13H13ClN2O2S. The van der Waals surface area contributed by atoms with E-state index in [0.29, 0.717) is 23.7 Å². The first-order valence-corrected chi connectivity index (χ1v) is 7.67. The van der Waals surface area contributed by atoms with E-state index in [2.05, 4.69) is 0 Å². The van der Waals surface area contributed by atoms with Crippen LogP contribution in [-0.4, -0.2) is 40.9 Å². The van der Waals surface area contributed by atoms with Gasteiger partial charge in [0.25, 0.3) is 0 Å². The number of benzene rings is 1. The summed E-state index contributed by atoms with van der Waals surface area (Å²) in [4.78, 5) is 27.7. The van der Waals surface area contributed by atoms with Gasteiger partial charge in [0.05, 0.1) is 11.7 Å². The molecule has 0 aliphatic carbocycles. The van der Waals surface area contributed by atoms with Crippen molar-refractivity contribution in [3.05, 3.63) is 29.3 Å². The molecule has 2 saturated heterocycles. The van der Waals surface area contributed by atoms with Crippen LogP contribution in [0, 0.1) is 0 Å². The Hall–Kier alpha value is -1.20. The summed E-state index contributed by atoms with van der Waals surface area (Å²) in [6.07, 6.45) is 0.394. The van der Waals surface area contributed by atoms with Crippen LogP contribution in [0.5, 0.6) is 0 Å². The number of urea groups is 1. The topological polar surface area (TPSA) is 40.6 Å². The van der Waals surface area contributed by atoms with Crippen molar-refractivity contribution >= 4 is 41.0 Å². The van der Waals surface area contributed by atoms with Gasteiger partial charge in [-0.1, -0.05) is 17.7 Å². The number of hydrogen-bond donors (Lipinski definition) is 0. The van der Waals surface area contributed by atoms with Crippen molar-refractivity contribution < 1.29 is 9.59 Å². The Labute approximate surface area is 120 Å². The second kappa shape index (κ2) is 5.06. The molecule has 1 aromatic carbocycles. The second-order valence-electron chi connectivity index (χ2n) is 4.62. The smallest absolute Gasteiger partial charge is 0.319 e. The highest BCUT2D eigenvalue weighted by Gasteiger charge is 2.40. The summed E-state index contributed by atoms with van der Waals surface area (Å²) in [7, 11) is 0. The van der Waals surface area contributed by atoms with Crippen molar-refractivity contribution in [2.45, 2.75) is 12.5 Å². The Balaban J connectivity index is 1.93. The minimum Gasteiger partial charge on any atom is -0.319 e. The van der Waals surface area contributed by atoms with Crippen LogP contribution in [0.4, 0.5) is 10.5 Å². The fraction of sp³-hybridized carbons (Fsp3) is 0.385. The van der Waals surface area contributed by atoms with Crippen molar-refractivity contribution in [1.82, 2.24) is 4.90 Å². The molecule has 2 aliphatic heterocycles. The number of amides is 3. The van der Waals surface area contributed by atoms with Gasteiger partial charge in [-0.05, 0) is 18.2 Å². The third kappa shape index (κ3) is 2.32. The third-order valence-corrected chi connectivity index (χ3v) is 4.72. The van der Waals surface area contributed by atoms with Crippen LogP contribution in [-0.2, 0) is 4.79 Å². The quantitative estimate of drug-likeness (QED) is 0.800. The Morgan fingerprint density at radius 2 is 2.16 bits per heavy atom. The highest BCUT2D eigenvalue weighted by molar-refractivity contribution is 7.99. The summed E-state index contributed by atoms with van der Waals surface area (Å²) in [6.45, 7) is 0.707. The Morgan fingerprint density at radius 1 is 1.32 bits per heavy atom. The van der Waals surface area contributed by atoms with Gasteiger partial charge in [0.1, 0.15) is 0 Å². The molecule has 3 amide bonds. The van der Waals surface area contributed by atoms with Gasteiger partial charge in [0.15, 0.2) is 0 Å². The molecule has 6 heteroatoms. The van der Waals surface area contributed by atoms with Crippen LogP contribution in [0.15, 0.2) is 24.3 Å². The molecule has 3 rings (SSSR count). The lowest BCUT2D eigenvalue weighted by Gasteiger charge is -2.42. The highest BCUT2D eigenvalue weighted by atomic mass is 35.5. The summed E-state index contributed by atoms with van der Waals surface area (Å²) < 4.78 is 0. The maximum absolute atomic E-state index is 12.5. The largest absolute Gasteiger partial charge is 0.331 e. The first-order valence-electron chi connectivity index (χ1n) is 6.13. The van der Waals surface area contributed by atoms with E-state index in [1.165, 1.54) is 4.90 Å². The van der Waals surface area contributed by atoms with Gasteiger partial charge in [-0.2, -0.15) is 11.8 Å². The van der Waals surface area contributed by atoms with Gasteiger partial charge in [-0.3, -0.25) is 4.79 Å². The number of halogens is 1. The zero-order valence-electron chi connectivity index (χ0n) is 10.2. The lowest BCUT2D eigenvalue weighted by Crippen LogP contribution is -2.59. The molecule has 2 fully saturated rings. The molecule has 2 heterocycles. The number of imide groups is 1. The minimum absolute atomic E-state index is 0.0502. The van der Waals surface area contributed by atoms with E-state index >= 15 is 0 Å². The van der Waals surface area contributed by atoms with E-state index in [1.807, 2.05) is 0 Å². The average molecular weight is 297 g/mol. The van der Waals surface area contributed by atoms with Gasteiger partial charge in [-0.25, -0.2) is 9.69 Å². The van der Waals surface area contributed by atoms with Crippen LogP contribution < -0.4 is 4.90 Å². The molecule has 0 aromatic heterocycles. The van der Waals surface area contributed by atoms with E-state index in [1.54, 1.807) is 40.9 Å². The summed E-state index contributed by atoms with van der Waals surface area (Å²) in [5, 5.41) is 0.523. The van der Waals surface area contributed by atoms with Gasteiger partial charge in [0, 0.05) is 29.5 Å². The predicted molar refractivity (Wildman–Crippen MR) is 76.8 cm³/mol. The van der Waals surface area contributed by atoms with Crippen molar-refractivity contribution in [3.8, 4) is 0 Å². The van der Waals surface area contributed by atoms with E-state index in [4.69, 9.17) is 11.6 Å². The van der Waals surface area contributed by atoms with Crippen molar-refractivity contribution in [2.75, 3.05) is 23.0 Å². The van der Waals surface area contributed by atoms with Crippen LogP contribution in [0.1, 0.15) is 6.42 Å². The third-order valence-electron chi connectivity index (χ3n) is 3.39. The van der Waals surface area contributed by atoms with E-state index < -0.39 is 0 Å². The average Bonchev–Trinajstić information content (AvgIpc) is 2.39. The maximum Gasteiger partial charge on any atom is 0.331 e. The molecule has 1 aromatic rings. The molecule has 100 valence electrons. The van der Waals surface area contributed by atoms with Crippen LogP contribution in [0.2, 0.25) is 5.02 Å². The number of rotatable bonds is 1. The predicted octanol–water partition coefficient (Wildman–Crippen LogP) is 2.61.